The van der Waals surface area contributed by atoms with Crippen LogP contribution in [0.25, 0.3) is 0 Å². The average Bonchev–Trinajstić information content (AvgIpc) is 2.60. The lowest BCUT2D eigenvalue weighted by Gasteiger charge is -2.15. The summed E-state index contributed by atoms with van der Waals surface area (Å²) in [5.41, 5.74) is 0.382. The number of hydrogen-bond donors (Lipinski definition) is 0. The van der Waals surface area contributed by atoms with Gasteiger partial charge in [0, 0.05) is 5.56 Å². The summed E-state index contributed by atoms with van der Waals surface area (Å²) in [7, 11) is 0. The van der Waals surface area contributed by atoms with Crippen LogP contribution in [0, 0.1) is 17.6 Å². The van der Waals surface area contributed by atoms with Crippen molar-refractivity contribution in [2.24, 2.45) is 5.92 Å². The average molecular weight is 348 g/mol. The van der Waals surface area contributed by atoms with Crippen LogP contribution in [0.1, 0.15) is 18.1 Å². The van der Waals surface area contributed by atoms with Gasteiger partial charge >= 0.3 is 11.9 Å². The molecule has 132 valence electrons. The highest BCUT2D eigenvalue weighted by Gasteiger charge is 2.31. The minimum atomic E-state index is -1.32. The van der Waals surface area contributed by atoms with Gasteiger partial charge in [-0.15, -0.1) is 0 Å². The summed E-state index contributed by atoms with van der Waals surface area (Å²) < 4.78 is 37.3. The maximum Gasteiger partial charge on any atom is 0.321 e. The van der Waals surface area contributed by atoms with E-state index >= 15 is 0 Å². The Kier molecular flexibility index (Phi) is 6.62. The standard InChI is InChI=1S/C19H18F2O4/c1-2-24-18(22)15(11-13-7-3-5-9-16(13)20)19(23)25-12-14-8-4-6-10-17(14)21/h3-10,15H,2,11-12H2,1H3. The molecule has 2 rings (SSSR count). The molecule has 0 spiro atoms. The number of carbonyl (C=O) groups is 2. The van der Waals surface area contributed by atoms with E-state index in [0.717, 1.165) is 0 Å². The lowest BCUT2D eigenvalue weighted by atomic mass is 9.99. The summed E-state index contributed by atoms with van der Waals surface area (Å²) in [4.78, 5) is 24.4. The number of esters is 2. The second-order valence-corrected chi connectivity index (χ2v) is 5.30. The SMILES string of the molecule is CCOC(=O)C(Cc1ccccc1F)C(=O)OCc1ccccc1F. The highest BCUT2D eigenvalue weighted by Crippen LogP contribution is 2.17. The maximum absolute atomic E-state index is 13.8. The Morgan fingerprint density at radius 2 is 1.40 bits per heavy atom. The van der Waals surface area contributed by atoms with E-state index in [9.17, 15) is 18.4 Å². The fraction of sp³-hybridized carbons (Fsp3) is 0.263. The molecule has 0 aliphatic rings. The van der Waals surface area contributed by atoms with Crippen LogP contribution < -0.4 is 0 Å². The molecule has 25 heavy (non-hydrogen) atoms. The molecule has 0 aliphatic carbocycles. The third-order valence-corrected chi connectivity index (χ3v) is 3.57. The summed E-state index contributed by atoms with van der Waals surface area (Å²) in [6, 6.07) is 11.7. The van der Waals surface area contributed by atoms with Gasteiger partial charge in [-0.2, -0.15) is 0 Å². The van der Waals surface area contributed by atoms with Gasteiger partial charge in [0.05, 0.1) is 6.61 Å². The molecule has 0 bridgehead atoms. The van der Waals surface area contributed by atoms with Crippen molar-refractivity contribution < 1.29 is 27.8 Å². The van der Waals surface area contributed by atoms with Crippen LogP contribution in [-0.4, -0.2) is 18.5 Å². The van der Waals surface area contributed by atoms with Gasteiger partial charge in [-0.25, -0.2) is 8.78 Å². The van der Waals surface area contributed by atoms with Crippen molar-refractivity contribution in [3.05, 3.63) is 71.3 Å². The van der Waals surface area contributed by atoms with Crippen molar-refractivity contribution in [1.29, 1.82) is 0 Å². The van der Waals surface area contributed by atoms with E-state index in [2.05, 4.69) is 0 Å². The summed E-state index contributed by atoms with van der Waals surface area (Å²) in [5, 5.41) is 0. The summed E-state index contributed by atoms with van der Waals surface area (Å²) in [6.45, 7) is 1.36. The summed E-state index contributed by atoms with van der Waals surface area (Å²) >= 11 is 0. The van der Waals surface area contributed by atoms with Crippen LogP contribution in [0.15, 0.2) is 48.5 Å². The number of rotatable bonds is 7. The molecule has 0 N–H and O–H groups in total. The smallest absolute Gasteiger partial charge is 0.321 e. The van der Waals surface area contributed by atoms with E-state index < -0.39 is 29.5 Å². The lowest BCUT2D eigenvalue weighted by Crippen LogP contribution is -2.30. The molecule has 4 nitrogen and oxygen atoms in total. The Hall–Kier alpha value is -2.76. The molecule has 1 unspecified atom stereocenters. The van der Waals surface area contributed by atoms with E-state index in [1.54, 1.807) is 19.1 Å². The molecule has 0 radical (unpaired) electrons. The van der Waals surface area contributed by atoms with Gasteiger partial charge in [0.15, 0.2) is 5.92 Å². The van der Waals surface area contributed by atoms with Gasteiger partial charge < -0.3 is 9.47 Å². The summed E-state index contributed by atoms with van der Waals surface area (Å²) in [6.07, 6.45) is -0.193. The van der Waals surface area contributed by atoms with E-state index in [1.165, 1.54) is 36.4 Å². The molecule has 0 saturated heterocycles. The van der Waals surface area contributed by atoms with E-state index in [1.807, 2.05) is 0 Å². The Balaban J connectivity index is 2.11. The molecule has 0 aliphatic heterocycles. The van der Waals surface area contributed by atoms with Crippen LogP contribution in [-0.2, 0) is 32.1 Å². The molecular weight excluding hydrogens is 330 g/mol. The van der Waals surface area contributed by atoms with E-state index in [4.69, 9.17) is 9.47 Å². The highest BCUT2D eigenvalue weighted by molar-refractivity contribution is 5.95. The second-order valence-electron chi connectivity index (χ2n) is 5.30. The Morgan fingerprint density at radius 3 is 1.96 bits per heavy atom. The monoisotopic (exact) mass is 348 g/mol. The molecule has 2 aromatic rings. The first-order valence-corrected chi connectivity index (χ1v) is 7.83. The zero-order chi connectivity index (χ0) is 18.2. The van der Waals surface area contributed by atoms with Crippen LogP contribution in [0.2, 0.25) is 0 Å². The number of hydrogen-bond acceptors (Lipinski definition) is 4. The molecule has 6 heteroatoms. The number of carbonyl (C=O) groups excluding carboxylic acids is 2. The van der Waals surface area contributed by atoms with Crippen molar-refractivity contribution in [3.63, 3.8) is 0 Å². The minimum absolute atomic E-state index is 0.0766. The minimum Gasteiger partial charge on any atom is -0.465 e. The van der Waals surface area contributed by atoms with Crippen molar-refractivity contribution in [1.82, 2.24) is 0 Å². The van der Waals surface area contributed by atoms with Crippen LogP contribution in [0.4, 0.5) is 8.78 Å². The fourth-order valence-corrected chi connectivity index (χ4v) is 2.25. The predicted octanol–water partition coefficient (Wildman–Crippen LogP) is 3.43. The van der Waals surface area contributed by atoms with Crippen LogP contribution in [0.5, 0.6) is 0 Å². The maximum atomic E-state index is 13.8. The molecule has 1 atom stereocenters. The van der Waals surface area contributed by atoms with Gasteiger partial charge in [0.2, 0.25) is 0 Å². The van der Waals surface area contributed by atoms with Gasteiger partial charge in [0.1, 0.15) is 18.2 Å². The van der Waals surface area contributed by atoms with Crippen molar-refractivity contribution >= 4 is 11.9 Å². The van der Waals surface area contributed by atoms with Crippen molar-refractivity contribution in [3.8, 4) is 0 Å². The molecule has 0 fully saturated rings. The third-order valence-electron chi connectivity index (χ3n) is 3.57. The molecular formula is C19H18F2O4. The summed E-state index contributed by atoms with van der Waals surface area (Å²) in [5.74, 6) is -4.05. The molecule has 2 aromatic carbocycles. The lowest BCUT2D eigenvalue weighted by molar-refractivity contribution is -0.162. The molecule has 0 amide bonds. The number of halogens is 2. The van der Waals surface area contributed by atoms with E-state index in [-0.39, 0.29) is 30.8 Å². The fourth-order valence-electron chi connectivity index (χ4n) is 2.25. The molecule has 0 heterocycles. The van der Waals surface area contributed by atoms with Crippen molar-refractivity contribution in [2.45, 2.75) is 20.0 Å². The predicted molar refractivity (Wildman–Crippen MR) is 86.4 cm³/mol. The quantitative estimate of drug-likeness (QED) is 0.568. The van der Waals surface area contributed by atoms with E-state index in [0.29, 0.717) is 0 Å². The zero-order valence-corrected chi connectivity index (χ0v) is 13.7. The Bertz CT molecular complexity index is 746. The highest BCUT2D eigenvalue weighted by atomic mass is 19.1. The first-order valence-electron chi connectivity index (χ1n) is 7.83. The Morgan fingerprint density at radius 1 is 0.880 bits per heavy atom. The first-order chi connectivity index (χ1) is 12.0. The zero-order valence-electron chi connectivity index (χ0n) is 13.7. The topological polar surface area (TPSA) is 52.6 Å². The number of ether oxygens (including phenoxy) is 2. The largest absolute Gasteiger partial charge is 0.465 e. The van der Waals surface area contributed by atoms with Gasteiger partial charge in [-0.3, -0.25) is 9.59 Å². The normalized spacial score (nSPS) is 11.6. The number of benzene rings is 2. The van der Waals surface area contributed by atoms with Gasteiger partial charge in [-0.05, 0) is 31.0 Å². The second kappa shape index (κ2) is 8.92. The van der Waals surface area contributed by atoms with Crippen LogP contribution in [0.3, 0.4) is 0 Å². The molecule has 0 saturated carbocycles. The van der Waals surface area contributed by atoms with Gasteiger partial charge in [0.25, 0.3) is 0 Å². The van der Waals surface area contributed by atoms with Crippen molar-refractivity contribution in [2.75, 3.05) is 6.61 Å². The third kappa shape index (κ3) is 5.11. The first kappa shape index (κ1) is 18.6. The molecule has 0 aromatic heterocycles. The van der Waals surface area contributed by atoms with Crippen LogP contribution >= 0.6 is 0 Å². The van der Waals surface area contributed by atoms with Gasteiger partial charge in [-0.1, -0.05) is 36.4 Å². The Labute approximate surface area is 144 Å².